The summed E-state index contributed by atoms with van der Waals surface area (Å²) in [6.45, 7) is -0.705. The van der Waals surface area contributed by atoms with Crippen molar-refractivity contribution in [1.29, 1.82) is 0 Å². The first-order chi connectivity index (χ1) is 13.9. The first-order valence-electron chi connectivity index (χ1n) is 7.72. The van der Waals surface area contributed by atoms with Gasteiger partial charge in [0, 0.05) is 4.57 Å². The average Bonchev–Trinajstić information content (AvgIpc) is 3.14. The number of aliphatic hydroxyl groups excluding tert-OH is 2. The highest BCUT2D eigenvalue weighted by atomic mass is 31.3. The maximum Gasteiger partial charge on any atom is 0.708 e. The van der Waals surface area contributed by atoms with Crippen LogP contribution in [-0.4, -0.2) is 69.3 Å². The van der Waals surface area contributed by atoms with Gasteiger partial charge in [0.15, 0.2) is 17.7 Å². The number of nitrogens with two attached hydrogens (primary N) is 1. The second kappa shape index (κ2) is 8.59. The number of phosphoric acid groups is 2. The molecule has 0 aromatic carbocycles. The van der Waals surface area contributed by atoms with Crippen LogP contribution in [0.5, 0.6) is 0 Å². The van der Waals surface area contributed by atoms with Gasteiger partial charge in [-0.1, -0.05) is 0 Å². The zero-order valence-corrected chi connectivity index (χ0v) is 17.2. The summed E-state index contributed by atoms with van der Waals surface area (Å²) in [6.07, 6.45) is -3.15. The molecule has 0 saturated carbocycles. The fourth-order valence-electron chi connectivity index (χ4n) is 2.54. The molecule has 1 fully saturated rings. The van der Waals surface area contributed by atoms with E-state index in [-0.39, 0.29) is 17.0 Å². The number of aromatic nitrogens is 4. The molecular formula is C10H15N5O12P3+. The molecule has 7 N–H and O–H groups in total. The summed E-state index contributed by atoms with van der Waals surface area (Å²) in [4.78, 5) is 37.8. The van der Waals surface area contributed by atoms with Crippen LogP contribution in [0.2, 0.25) is 0 Å². The zero-order valence-electron chi connectivity index (χ0n) is 14.5. The minimum Gasteiger partial charge on any atom is -0.387 e. The molecule has 3 rings (SSSR count). The van der Waals surface area contributed by atoms with Crippen molar-refractivity contribution in [1.82, 2.24) is 19.5 Å². The van der Waals surface area contributed by atoms with Crippen molar-refractivity contribution in [3.63, 3.8) is 0 Å². The highest BCUT2D eigenvalue weighted by Crippen LogP contribution is 2.61. The Morgan fingerprint density at radius 1 is 1.20 bits per heavy atom. The lowest BCUT2D eigenvalue weighted by atomic mass is 10.1. The summed E-state index contributed by atoms with van der Waals surface area (Å²) in [5, 5.41) is 20.4. The normalized spacial score (nSPS) is 27.3. The lowest BCUT2D eigenvalue weighted by molar-refractivity contribution is -0.0476. The second-order valence-corrected chi connectivity index (χ2v) is 9.70. The number of fused-ring (bicyclic) bond motifs is 1. The van der Waals surface area contributed by atoms with Gasteiger partial charge in [-0.3, -0.25) is 9.46 Å². The molecule has 0 spiro atoms. The molecule has 0 bridgehead atoms. The molecule has 1 aliphatic rings. The minimum absolute atomic E-state index is 0.0757. The van der Waals surface area contributed by atoms with E-state index in [1.165, 1.54) is 10.9 Å². The monoisotopic (exact) mass is 490 g/mol. The minimum atomic E-state index is -5.41. The number of hydrogen-bond acceptors (Lipinski definition) is 13. The molecular weight excluding hydrogens is 475 g/mol. The van der Waals surface area contributed by atoms with Gasteiger partial charge in [0.25, 0.3) is 0 Å². The predicted octanol–water partition coefficient (Wildman–Crippen LogP) is -1.07. The van der Waals surface area contributed by atoms with E-state index in [4.69, 9.17) is 25.2 Å². The largest absolute Gasteiger partial charge is 0.708 e. The van der Waals surface area contributed by atoms with Crippen LogP contribution in [0, 0.1) is 0 Å². The van der Waals surface area contributed by atoms with E-state index in [1.807, 2.05) is 0 Å². The summed E-state index contributed by atoms with van der Waals surface area (Å²) < 4.78 is 52.2. The van der Waals surface area contributed by atoms with E-state index in [0.717, 1.165) is 6.33 Å². The topological polar surface area (TPSA) is 259 Å². The van der Waals surface area contributed by atoms with Gasteiger partial charge >= 0.3 is 23.9 Å². The van der Waals surface area contributed by atoms with Crippen LogP contribution in [0.4, 0.5) is 5.82 Å². The van der Waals surface area contributed by atoms with Gasteiger partial charge in [-0.05, 0) is 4.31 Å². The van der Waals surface area contributed by atoms with Gasteiger partial charge in [-0.25, -0.2) is 24.1 Å². The molecule has 1 saturated heterocycles. The second-order valence-electron chi connectivity index (χ2n) is 5.77. The number of nitrogen functional groups attached to an aromatic ring is 1. The van der Waals surface area contributed by atoms with E-state index in [0.29, 0.717) is 0 Å². The Bertz CT molecular complexity index is 1040. The first kappa shape index (κ1) is 23.2. The van der Waals surface area contributed by atoms with Gasteiger partial charge in [0.2, 0.25) is 0 Å². The standard InChI is InChI=1S/C10H14N5O12P3/c11-8-5-9(13-2-12-8)15(3-14-5)10-7(17)6(16)4(25-10)1-24-28(18)26-30(22,23)27-29(19,20)21/h2-4,6-7,10,16-17H,1H2,(H4-,11,12,13,19,20,21,22,23)/p+1. The Hall–Kier alpha value is -1.45. The van der Waals surface area contributed by atoms with E-state index in [1.54, 1.807) is 0 Å². The number of rotatable bonds is 8. The van der Waals surface area contributed by atoms with Crippen molar-refractivity contribution in [2.75, 3.05) is 12.3 Å². The molecule has 6 unspecified atom stereocenters. The molecule has 3 heterocycles. The van der Waals surface area contributed by atoms with E-state index in [9.17, 15) is 23.9 Å². The van der Waals surface area contributed by atoms with Gasteiger partial charge < -0.3 is 30.5 Å². The third-order valence-electron chi connectivity index (χ3n) is 3.72. The predicted molar refractivity (Wildman–Crippen MR) is 93.3 cm³/mol. The molecule has 2 aromatic heterocycles. The molecule has 1 aliphatic heterocycles. The smallest absolute Gasteiger partial charge is 0.387 e. The molecule has 2 aromatic rings. The van der Waals surface area contributed by atoms with Gasteiger partial charge in [0.05, 0.1) is 6.33 Å². The lowest BCUT2D eigenvalue weighted by Crippen LogP contribution is -2.33. The summed E-state index contributed by atoms with van der Waals surface area (Å²) in [7, 11) is -14.2. The van der Waals surface area contributed by atoms with Gasteiger partial charge in [-0.2, -0.15) is 4.31 Å². The van der Waals surface area contributed by atoms with Crippen LogP contribution in [0.3, 0.4) is 0 Å². The number of ether oxygens (including phenoxy) is 1. The van der Waals surface area contributed by atoms with Crippen molar-refractivity contribution in [2.45, 2.75) is 24.5 Å². The Balaban J connectivity index is 1.64. The summed E-state index contributed by atoms with van der Waals surface area (Å²) in [5.74, 6) is 0.0757. The molecule has 17 nitrogen and oxygen atoms in total. The van der Waals surface area contributed by atoms with E-state index in [2.05, 4.69) is 28.1 Å². The maximum absolute atomic E-state index is 11.6. The number of nitrogens with zero attached hydrogens (tertiary/aromatic N) is 4. The number of anilines is 1. The SMILES string of the molecule is Nc1ncnc2c1ncn2C1OC(CO[P+](=O)OP(=O)(O)OP(=O)(O)O)C(O)C1O. The molecule has 30 heavy (non-hydrogen) atoms. The van der Waals surface area contributed by atoms with Crippen LogP contribution >= 0.6 is 23.9 Å². The fraction of sp³-hybridized carbons (Fsp3) is 0.500. The van der Waals surface area contributed by atoms with Crippen molar-refractivity contribution in [2.24, 2.45) is 0 Å². The lowest BCUT2D eigenvalue weighted by Gasteiger charge is -2.16. The van der Waals surface area contributed by atoms with Crippen LogP contribution in [0.1, 0.15) is 6.23 Å². The number of hydrogen-bond donors (Lipinski definition) is 6. The summed E-state index contributed by atoms with van der Waals surface area (Å²) in [6, 6.07) is 0. The fourth-order valence-corrected chi connectivity index (χ4v) is 5.14. The zero-order chi connectivity index (χ0) is 22.3. The number of aliphatic hydroxyl groups is 2. The Kier molecular flexibility index (Phi) is 6.65. The average molecular weight is 490 g/mol. The molecule has 20 heteroatoms. The third-order valence-corrected chi connectivity index (χ3v) is 7.12. The molecule has 0 aliphatic carbocycles. The summed E-state index contributed by atoms with van der Waals surface area (Å²) in [5.41, 5.74) is 6.10. The molecule has 0 amide bonds. The van der Waals surface area contributed by atoms with Crippen molar-refractivity contribution in [3.05, 3.63) is 12.7 Å². The Labute approximate surface area is 167 Å². The van der Waals surface area contributed by atoms with Crippen LogP contribution in [-0.2, 0) is 31.6 Å². The quantitative estimate of drug-likeness (QED) is 0.241. The van der Waals surface area contributed by atoms with E-state index < -0.39 is 55.0 Å². The third kappa shape index (κ3) is 5.23. The van der Waals surface area contributed by atoms with Gasteiger partial charge in [-0.15, -0.1) is 4.52 Å². The van der Waals surface area contributed by atoms with E-state index >= 15 is 0 Å². The van der Waals surface area contributed by atoms with Crippen LogP contribution < -0.4 is 5.73 Å². The van der Waals surface area contributed by atoms with Crippen LogP contribution in [0.15, 0.2) is 12.7 Å². The molecule has 166 valence electrons. The summed E-state index contributed by atoms with van der Waals surface area (Å²) >= 11 is 0. The Morgan fingerprint density at radius 3 is 2.57 bits per heavy atom. The maximum atomic E-state index is 11.6. The van der Waals surface area contributed by atoms with Crippen LogP contribution in [0.25, 0.3) is 11.2 Å². The molecule has 6 atom stereocenters. The Morgan fingerprint density at radius 2 is 1.90 bits per heavy atom. The molecule has 0 radical (unpaired) electrons. The highest BCUT2D eigenvalue weighted by molar-refractivity contribution is 7.64. The first-order valence-corrected chi connectivity index (χ1v) is 11.8. The van der Waals surface area contributed by atoms with Crippen molar-refractivity contribution in [3.8, 4) is 0 Å². The van der Waals surface area contributed by atoms with Gasteiger partial charge in [0.1, 0.15) is 36.8 Å². The van der Waals surface area contributed by atoms with Crippen molar-refractivity contribution >= 4 is 40.9 Å². The van der Waals surface area contributed by atoms with Crippen molar-refractivity contribution < 1.29 is 56.5 Å². The highest BCUT2D eigenvalue weighted by Gasteiger charge is 2.48. The number of imidazole rings is 1.